The number of hydrogen-bond donors (Lipinski definition) is 0. The van der Waals surface area contributed by atoms with Gasteiger partial charge in [-0.25, -0.2) is 31.9 Å². The van der Waals surface area contributed by atoms with Crippen LogP contribution >= 0.6 is 11.6 Å². The molecule has 1 aliphatic heterocycles. The summed E-state index contributed by atoms with van der Waals surface area (Å²) in [4.78, 5) is 13.3. The minimum absolute atomic E-state index is 0.00758. The predicted octanol–water partition coefficient (Wildman–Crippen LogP) is 10.4. The second-order valence-corrected chi connectivity index (χ2v) is 12.4. The molecule has 1 aliphatic rings. The smallest absolute Gasteiger partial charge is 0.200 e. The van der Waals surface area contributed by atoms with Gasteiger partial charge >= 0.3 is 0 Å². The summed E-state index contributed by atoms with van der Waals surface area (Å²) in [5.74, 6) is -10.0. The summed E-state index contributed by atoms with van der Waals surface area (Å²) in [5.41, 5.74) is 4.39. The molecule has 0 radical (unpaired) electrons. The molecule has 0 aromatic heterocycles. The molecule has 0 saturated carbocycles. The summed E-state index contributed by atoms with van der Waals surface area (Å²) in [6.07, 6.45) is 4.01. The van der Waals surface area contributed by atoms with Crippen molar-refractivity contribution in [3.8, 4) is 0 Å². The van der Waals surface area contributed by atoms with Gasteiger partial charge in [0, 0.05) is 18.7 Å². The fraction of sp³-hybridized carbons (Fsp3) is 0.316. The van der Waals surface area contributed by atoms with Gasteiger partial charge in [0.25, 0.3) is 0 Å². The van der Waals surface area contributed by atoms with E-state index in [1.165, 1.54) is 4.90 Å². The van der Waals surface area contributed by atoms with Crippen molar-refractivity contribution < 1.29 is 22.0 Å². The number of nitrogens with zero attached hydrogens (tertiary/aromatic N) is 4. The zero-order valence-electron chi connectivity index (χ0n) is 27.5. The van der Waals surface area contributed by atoms with Crippen LogP contribution in [0.25, 0.3) is 0 Å². The third-order valence-corrected chi connectivity index (χ3v) is 8.63. The van der Waals surface area contributed by atoms with Gasteiger partial charge < -0.3 is 9.80 Å². The largest absolute Gasteiger partial charge is 0.338 e. The average molecular weight is 681 g/mol. The molecule has 4 aromatic rings. The molecule has 4 aromatic carbocycles. The number of hydrogen-bond acceptors (Lipinski definition) is 2. The van der Waals surface area contributed by atoms with Gasteiger partial charge in [-0.2, -0.15) is 0 Å². The van der Waals surface area contributed by atoms with Crippen LogP contribution in [0.2, 0.25) is 5.02 Å². The minimum Gasteiger partial charge on any atom is -0.338 e. The highest BCUT2D eigenvalue weighted by atomic mass is 35.5. The lowest BCUT2D eigenvalue weighted by Crippen LogP contribution is -2.50. The van der Waals surface area contributed by atoms with Crippen LogP contribution < -0.4 is 0 Å². The molecule has 4 nitrogen and oxygen atoms in total. The minimum atomic E-state index is -2.23. The predicted molar refractivity (Wildman–Crippen MR) is 183 cm³/mol. The molecule has 48 heavy (non-hydrogen) atoms. The second kappa shape index (κ2) is 15.3. The van der Waals surface area contributed by atoms with Gasteiger partial charge in [0.1, 0.15) is 11.7 Å². The molecule has 0 spiro atoms. The summed E-state index contributed by atoms with van der Waals surface area (Å²) >= 11 is 6.55. The Bertz CT molecular complexity index is 1780. The van der Waals surface area contributed by atoms with E-state index in [4.69, 9.17) is 16.6 Å². The van der Waals surface area contributed by atoms with Gasteiger partial charge in [0.2, 0.25) is 5.82 Å². The number of para-hydroxylation sites is 1. The number of rotatable bonds is 8. The molecular formula is C38H38ClF5N4. The molecule has 1 saturated heterocycles. The molecule has 1 heterocycles. The summed E-state index contributed by atoms with van der Waals surface area (Å²) in [5, 5.41) is 0.185. The summed E-state index contributed by atoms with van der Waals surface area (Å²) in [7, 11) is 0. The lowest BCUT2D eigenvalue weighted by Gasteiger charge is -2.39. The molecule has 0 bridgehead atoms. The number of benzene rings is 4. The Balaban J connectivity index is 1.70. The van der Waals surface area contributed by atoms with E-state index in [1.54, 1.807) is 19.1 Å². The molecule has 0 aliphatic carbocycles. The van der Waals surface area contributed by atoms with Crippen LogP contribution in [-0.4, -0.2) is 41.2 Å². The number of amidine groups is 2. The van der Waals surface area contributed by atoms with Crippen molar-refractivity contribution in [2.75, 3.05) is 19.8 Å². The van der Waals surface area contributed by atoms with Crippen LogP contribution in [0.15, 0.2) is 70.6 Å². The molecule has 0 amide bonds. The standard InChI is InChI=1S/C38H38ClF5N4/c1-5-12-25-16-10-17-26(13-6-2)36(25)46-37(27-14-8-7-9-15-27)47-18-11-19-48(22-47)38(45-35-24(4)20-23(3)21-28(35)39)29-30(40)32(42)34(44)33(43)31(29)41/h7-10,14-17,20-21H,5-6,11-13,18-19,22H2,1-4H3. The molecular weight excluding hydrogens is 643 g/mol. The third kappa shape index (κ3) is 7.26. The van der Waals surface area contributed by atoms with E-state index in [-0.39, 0.29) is 23.9 Å². The van der Waals surface area contributed by atoms with E-state index < -0.39 is 40.5 Å². The molecule has 252 valence electrons. The molecule has 0 N–H and O–H groups in total. The second-order valence-electron chi connectivity index (χ2n) is 12.0. The van der Waals surface area contributed by atoms with Crippen LogP contribution in [-0.2, 0) is 12.8 Å². The van der Waals surface area contributed by atoms with E-state index in [2.05, 4.69) is 31.0 Å². The third-order valence-electron chi connectivity index (χ3n) is 8.34. The number of aliphatic imine (C=N–C) groups is 2. The van der Waals surface area contributed by atoms with E-state index in [9.17, 15) is 13.2 Å². The van der Waals surface area contributed by atoms with Gasteiger partial charge in [0.05, 0.1) is 28.6 Å². The lowest BCUT2D eigenvalue weighted by molar-refractivity contribution is 0.213. The fourth-order valence-corrected chi connectivity index (χ4v) is 6.49. The number of aryl methyl sites for hydroxylation is 4. The maximum atomic E-state index is 15.5. The summed E-state index contributed by atoms with van der Waals surface area (Å²) in [6, 6.07) is 19.2. The van der Waals surface area contributed by atoms with Crippen LogP contribution in [0.4, 0.5) is 33.3 Å². The van der Waals surface area contributed by atoms with Gasteiger partial charge in [-0.05, 0) is 61.4 Å². The molecule has 0 atom stereocenters. The van der Waals surface area contributed by atoms with E-state index in [0.717, 1.165) is 53.6 Å². The van der Waals surface area contributed by atoms with Gasteiger partial charge in [-0.15, -0.1) is 0 Å². The van der Waals surface area contributed by atoms with Crippen LogP contribution in [0.1, 0.15) is 66.5 Å². The first-order valence-electron chi connectivity index (χ1n) is 16.2. The highest BCUT2D eigenvalue weighted by molar-refractivity contribution is 6.33. The normalized spacial score (nSPS) is 14.2. The Morgan fingerprint density at radius 1 is 0.688 bits per heavy atom. The molecule has 5 rings (SSSR count). The lowest BCUT2D eigenvalue weighted by atomic mass is 10.00. The summed E-state index contributed by atoms with van der Waals surface area (Å²) < 4.78 is 74.6. The Morgan fingerprint density at radius 3 is 1.79 bits per heavy atom. The van der Waals surface area contributed by atoms with Crippen molar-refractivity contribution in [1.82, 2.24) is 9.80 Å². The molecule has 1 fully saturated rings. The SMILES string of the molecule is CCCc1cccc(CCC)c1N=C(c1ccccc1)N1CCCN(C(=Nc2c(C)cc(C)cc2Cl)c2c(F)c(F)c(F)c(F)c2F)C1. The first-order chi connectivity index (χ1) is 23.0. The first-order valence-corrected chi connectivity index (χ1v) is 16.5. The molecule has 0 unspecified atom stereocenters. The van der Waals surface area contributed by atoms with Crippen LogP contribution in [0.5, 0.6) is 0 Å². The van der Waals surface area contributed by atoms with Crippen molar-refractivity contribution in [2.45, 2.75) is 59.8 Å². The van der Waals surface area contributed by atoms with Crippen molar-refractivity contribution in [2.24, 2.45) is 9.98 Å². The van der Waals surface area contributed by atoms with Crippen LogP contribution in [0, 0.1) is 42.9 Å². The fourth-order valence-electron chi connectivity index (χ4n) is 6.13. The van der Waals surface area contributed by atoms with Gasteiger partial charge in [0.15, 0.2) is 23.3 Å². The first kappa shape index (κ1) is 35.1. The number of halogens is 6. The Kier molecular flexibility index (Phi) is 11.2. The van der Waals surface area contributed by atoms with E-state index >= 15 is 8.78 Å². The Morgan fingerprint density at radius 2 is 1.23 bits per heavy atom. The van der Waals surface area contributed by atoms with E-state index in [1.807, 2.05) is 48.2 Å². The molecule has 10 heteroatoms. The highest BCUT2D eigenvalue weighted by Gasteiger charge is 2.33. The van der Waals surface area contributed by atoms with Crippen molar-refractivity contribution >= 4 is 34.6 Å². The van der Waals surface area contributed by atoms with Crippen LogP contribution in [0.3, 0.4) is 0 Å². The van der Waals surface area contributed by atoms with E-state index in [0.29, 0.717) is 24.4 Å². The van der Waals surface area contributed by atoms with Crippen molar-refractivity contribution in [3.63, 3.8) is 0 Å². The Labute approximate surface area is 283 Å². The average Bonchev–Trinajstić information content (AvgIpc) is 3.07. The highest BCUT2D eigenvalue weighted by Crippen LogP contribution is 2.34. The zero-order chi connectivity index (χ0) is 34.5. The monoisotopic (exact) mass is 680 g/mol. The summed E-state index contributed by atoms with van der Waals surface area (Å²) in [6.45, 7) is 8.54. The topological polar surface area (TPSA) is 31.2 Å². The maximum Gasteiger partial charge on any atom is 0.200 e. The van der Waals surface area contributed by atoms with Crippen molar-refractivity contribution in [1.29, 1.82) is 0 Å². The maximum absolute atomic E-state index is 15.5. The van der Waals surface area contributed by atoms with Crippen molar-refractivity contribution in [3.05, 3.63) is 128 Å². The van der Waals surface area contributed by atoms with Gasteiger partial charge in [-0.1, -0.05) is 92.9 Å². The zero-order valence-corrected chi connectivity index (χ0v) is 28.2. The van der Waals surface area contributed by atoms with Gasteiger partial charge in [-0.3, -0.25) is 0 Å². The Hall–Kier alpha value is -4.24. The quantitative estimate of drug-likeness (QED) is 0.0610.